The Balaban J connectivity index is 2.08. The maximum Gasteiger partial charge on any atom is 0.272 e. The number of phenolic OH excluding ortho intramolecular Hbond substituents is 2. The molecule has 0 saturated heterocycles. The Labute approximate surface area is 119 Å². The number of hydrogen-bond donors (Lipinski definition) is 3. The predicted molar refractivity (Wildman–Crippen MR) is 76.5 cm³/mol. The number of benzene rings is 1. The summed E-state index contributed by atoms with van der Waals surface area (Å²) in [6.07, 6.45) is 2.64. The van der Waals surface area contributed by atoms with Crippen LogP contribution in [-0.2, 0) is 7.05 Å². The van der Waals surface area contributed by atoms with Crippen molar-refractivity contribution in [1.82, 2.24) is 9.99 Å². The first-order valence-corrected chi connectivity index (χ1v) is 5.99. The lowest BCUT2D eigenvalue weighted by Crippen LogP contribution is -2.22. The van der Waals surface area contributed by atoms with Crippen LogP contribution >= 0.6 is 0 Å². The Morgan fingerprint density at radius 2 is 2.05 bits per heavy atom. The van der Waals surface area contributed by atoms with E-state index in [1.165, 1.54) is 48.3 Å². The molecule has 1 heterocycles. The smallest absolute Gasteiger partial charge is 0.272 e. The Morgan fingerprint density at radius 1 is 1.29 bits per heavy atom. The van der Waals surface area contributed by atoms with Gasteiger partial charge in [-0.25, -0.2) is 5.43 Å². The van der Waals surface area contributed by atoms with Crippen molar-refractivity contribution >= 4 is 12.1 Å². The molecule has 0 aliphatic heterocycles. The molecule has 0 aliphatic rings. The molecule has 3 N–H and O–H groups in total. The van der Waals surface area contributed by atoms with E-state index >= 15 is 0 Å². The molecule has 0 radical (unpaired) electrons. The zero-order valence-electron chi connectivity index (χ0n) is 11.1. The molecule has 0 bridgehead atoms. The highest BCUT2D eigenvalue weighted by Gasteiger charge is 2.05. The van der Waals surface area contributed by atoms with Gasteiger partial charge in [-0.2, -0.15) is 5.10 Å². The molecule has 0 spiro atoms. The van der Waals surface area contributed by atoms with Crippen molar-refractivity contribution in [2.24, 2.45) is 12.1 Å². The van der Waals surface area contributed by atoms with Crippen molar-refractivity contribution in [2.75, 3.05) is 0 Å². The van der Waals surface area contributed by atoms with Gasteiger partial charge in [0.2, 0.25) is 5.56 Å². The van der Waals surface area contributed by atoms with Crippen LogP contribution in [0.2, 0.25) is 0 Å². The number of pyridine rings is 1. The van der Waals surface area contributed by atoms with Gasteiger partial charge in [-0.3, -0.25) is 9.59 Å². The van der Waals surface area contributed by atoms with E-state index < -0.39 is 5.91 Å². The van der Waals surface area contributed by atoms with E-state index in [2.05, 4.69) is 10.5 Å². The fourth-order valence-corrected chi connectivity index (χ4v) is 1.59. The van der Waals surface area contributed by atoms with E-state index in [9.17, 15) is 14.7 Å². The van der Waals surface area contributed by atoms with Gasteiger partial charge in [0.25, 0.3) is 5.91 Å². The van der Waals surface area contributed by atoms with E-state index in [0.29, 0.717) is 5.56 Å². The molecule has 0 saturated carbocycles. The second-order valence-electron chi connectivity index (χ2n) is 4.31. The Hall–Kier alpha value is -3.09. The molecule has 0 atom stereocenters. The van der Waals surface area contributed by atoms with Crippen LogP contribution < -0.4 is 11.0 Å². The number of hydrogen-bond acceptors (Lipinski definition) is 5. The number of carbonyl (C=O) groups excluding carboxylic acids is 1. The standard InChI is InChI=1S/C14H13N3O4/c1-17-8-10(3-5-13(17)20)14(21)16-15-7-9-2-4-11(18)6-12(9)19/h2-8,18-19H,1H3,(H,16,21)/b15-7+. The fraction of sp³-hybridized carbons (Fsp3) is 0.0714. The van der Waals surface area contributed by atoms with Crippen molar-refractivity contribution in [3.05, 3.63) is 58.0 Å². The zero-order chi connectivity index (χ0) is 15.4. The first-order chi connectivity index (χ1) is 9.97. The number of nitrogens with one attached hydrogen (secondary N) is 1. The molecule has 21 heavy (non-hydrogen) atoms. The molecule has 7 heteroatoms. The van der Waals surface area contributed by atoms with Gasteiger partial charge >= 0.3 is 0 Å². The molecule has 0 aliphatic carbocycles. The molecule has 0 unspecified atom stereocenters. The summed E-state index contributed by atoms with van der Waals surface area (Å²) >= 11 is 0. The summed E-state index contributed by atoms with van der Waals surface area (Å²) in [4.78, 5) is 23.0. The lowest BCUT2D eigenvalue weighted by Gasteiger charge is -2.02. The number of aromatic hydroxyl groups is 2. The maximum absolute atomic E-state index is 11.8. The second kappa shape index (κ2) is 5.91. The summed E-state index contributed by atoms with van der Waals surface area (Å²) in [6.45, 7) is 0. The molecule has 2 rings (SSSR count). The van der Waals surface area contributed by atoms with Crippen LogP contribution in [0.3, 0.4) is 0 Å². The minimum Gasteiger partial charge on any atom is -0.508 e. The van der Waals surface area contributed by atoms with Gasteiger partial charge in [0, 0.05) is 30.9 Å². The van der Waals surface area contributed by atoms with Gasteiger partial charge in [-0.15, -0.1) is 0 Å². The van der Waals surface area contributed by atoms with Gasteiger partial charge in [-0.1, -0.05) is 0 Å². The summed E-state index contributed by atoms with van der Waals surface area (Å²) in [7, 11) is 1.54. The lowest BCUT2D eigenvalue weighted by molar-refractivity contribution is 0.0954. The van der Waals surface area contributed by atoms with Gasteiger partial charge in [-0.05, 0) is 18.2 Å². The summed E-state index contributed by atoms with van der Waals surface area (Å²) in [5.74, 6) is -0.714. The van der Waals surface area contributed by atoms with E-state index in [-0.39, 0.29) is 22.6 Å². The molecule has 2 aromatic rings. The number of nitrogens with zero attached hydrogens (tertiary/aromatic N) is 2. The van der Waals surface area contributed by atoms with Crippen molar-refractivity contribution in [3.8, 4) is 11.5 Å². The Kier molecular flexibility index (Phi) is 4.03. The SMILES string of the molecule is Cn1cc(C(=O)N/N=C/c2ccc(O)cc2O)ccc1=O. The third kappa shape index (κ3) is 3.47. The van der Waals surface area contributed by atoms with Crippen LogP contribution in [0.25, 0.3) is 0 Å². The summed E-state index contributed by atoms with van der Waals surface area (Å²) in [5, 5.41) is 22.4. The Bertz CT molecular complexity index is 765. The molecule has 1 aromatic heterocycles. The lowest BCUT2D eigenvalue weighted by atomic mass is 10.2. The molecular formula is C14H13N3O4. The van der Waals surface area contributed by atoms with Crippen LogP contribution in [0.5, 0.6) is 11.5 Å². The highest BCUT2D eigenvalue weighted by Crippen LogP contribution is 2.20. The number of rotatable bonds is 3. The van der Waals surface area contributed by atoms with Gasteiger partial charge in [0.05, 0.1) is 11.8 Å². The molecule has 1 amide bonds. The summed E-state index contributed by atoms with van der Waals surface area (Å²) in [5.41, 5.74) is 2.68. The number of phenols is 2. The highest BCUT2D eigenvalue weighted by molar-refractivity contribution is 5.94. The van der Waals surface area contributed by atoms with E-state index in [1.807, 2.05) is 0 Å². The molecular weight excluding hydrogens is 274 g/mol. The number of aryl methyl sites for hydroxylation is 1. The van der Waals surface area contributed by atoms with Gasteiger partial charge in [0.15, 0.2) is 0 Å². The van der Waals surface area contributed by atoms with Crippen LogP contribution in [0.1, 0.15) is 15.9 Å². The summed E-state index contributed by atoms with van der Waals surface area (Å²) in [6, 6.07) is 6.67. The molecule has 1 aromatic carbocycles. The number of amides is 1. The van der Waals surface area contributed by atoms with Crippen LogP contribution in [-0.4, -0.2) is 26.9 Å². The van der Waals surface area contributed by atoms with Crippen LogP contribution in [0.15, 0.2) is 46.4 Å². The van der Waals surface area contributed by atoms with Crippen molar-refractivity contribution < 1.29 is 15.0 Å². The highest BCUT2D eigenvalue weighted by atomic mass is 16.3. The quantitative estimate of drug-likeness (QED) is 0.566. The van der Waals surface area contributed by atoms with Crippen molar-refractivity contribution in [2.45, 2.75) is 0 Å². The third-order valence-electron chi connectivity index (χ3n) is 2.73. The van der Waals surface area contributed by atoms with Crippen molar-refractivity contribution in [3.63, 3.8) is 0 Å². The second-order valence-corrected chi connectivity index (χ2v) is 4.31. The van der Waals surface area contributed by atoms with E-state index in [1.54, 1.807) is 0 Å². The van der Waals surface area contributed by atoms with E-state index in [0.717, 1.165) is 6.07 Å². The van der Waals surface area contributed by atoms with Crippen LogP contribution in [0, 0.1) is 0 Å². The minimum absolute atomic E-state index is 0.0705. The summed E-state index contributed by atoms with van der Waals surface area (Å²) < 4.78 is 1.28. The zero-order valence-corrected chi connectivity index (χ0v) is 11.1. The topological polar surface area (TPSA) is 104 Å². The van der Waals surface area contributed by atoms with Crippen molar-refractivity contribution in [1.29, 1.82) is 0 Å². The monoisotopic (exact) mass is 287 g/mol. The number of carbonyl (C=O) groups is 1. The maximum atomic E-state index is 11.8. The van der Waals surface area contributed by atoms with E-state index in [4.69, 9.17) is 5.11 Å². The largest absolute Gasteiger partial charge is 0.508 e. The van der Waals surface area contributed by atoms with Crippen LogP contribution in [0.4, 0.5) is 0 Å². The molecule has 0 fully saturated rings. The molecule has 7 nitrogen and oxygen atoms in total. The molecule has 108 valence electrons. The average molecular weight is 287 g/mol. The number of aromatic nitrogens is 1. The average Bonchev–Trinajstić information content (AvgIpc) is 2.44. The normalized spacial score (nSPS) is 10.7. The first kappa shape index (κ1) is 14.3. The van der Waals surface area contributed by atoms with Gasteiger partial charge in [0.1, 0.15) is 11.5 Å². The third-order valence-corrected chi connectivity index (χ3v) is 2.73. The fourth-order valence-electron chi connectivity index (χ4n) is 1.59. The predicted octanol–water partition coefficient (Wildman–Crippen LogP) is 0.560. The number of hydrazone groups is 1. The van der Waals surface area contributed by atoms with Gasteiger partial charge < -0.3 is 14.8 Å². The minimum atomic E-state index is -0.486. The first-order valence-electron chi connectivity index (χ1n) is 5.99. The Morgan fingerprint density at radius 3 is 2.71 bits per heavy atom.